The second-order valence-corrected chi connectivity index (χ2v) is 7.95. The van der Waals surface area contributed by atoms with E-state index in [9.17, 15) is 4.79 Å². The average Bonchev–Trinajstić information content (AvgIpc) is 3.02. The van der Waals surface area contributed by atoms with Crippen molar-refractivity contribution in [2.45, 2.75) is 25.3 Å². The number of nitrogens with one attached hydrogen (secondary N) is 2. The average molecular weight is 395 g/mol. The van der Waals surface area contributed by atoms with Crippen LogP contribution in [0, 0.1) is 5.92 Å². The van der Waals surface area contributed by atoms with Gasteiger partial charge >= 0.3 is 6.03 Å². The largest absolute Gasteiger partial charge is 0.371 e. The Morgan fingerprint density at radius 1 is 1.29 bits per heavy atom. The van der Waals surface area contributed by atoms with E-state index in [0.29, 0.717) is 5.92 Å². The summed E-state index contributed by atoms with van der Waals surface area (Å²) in [6.07, 6.45) is 3.36. The van der Waals surface area contributed by atoms with Gasteiger partial charge in [-0.05, 0) is 57.0 Å². The second-order valence-electron chi connectivity index (χ2n) is 7.04. The lowest BCUT2D eigenvalue weighted by Gasteiger charge is -2.30. The van der Waals surface area contributed by atoms with E-state index >= 15 is 0 Å². The third kappa shape index (κ3) is 4.86. The molecular formula is C18H27BrN4O. The van der Waals surface area contributed by atoms with Crippen LogP contribution in [-0.4, -0.2) is 56.7 Å². The molecule has 3 rings (SSSR count). The van der Waals surface area contributed by atoms with Gasteiger partial charge in [0.2, 0.25) is 0 Å². The number of hydrogen-bond acceptors (Lipinski definition) is 3. The highest BCUT2D eigenvalue weighted by Gasteiger charge is 2.24. The van der Waals surface area contributed by atoms with Crippen molar-refractivity contribution in [3.05, 3.63) is 28.7 Å². The van der Waals surface area contributed by atoms with Crippen molar-refractivity contribution in [1.29, 1.82) is 0 Å². The molecule has 6 heteroatoms. The molecule has 5 nitrogen and oxygen atoms in total. The molecule has 0 unspecified atom stereocenters. The molecule has 2 fully saturated rings. The van der Waals surface area contributed by atoms with Crippen LogP contribution in [0.1, 0.15) is 19.3 Å². The standard InChI is InChI=1S/C18H27BrN4O/c1-22-8-3-5-16(13-22)21-18(24)20-11-14-7-9-23(12-14)17-6-2-4-15(19)10-17/h2,4,6,10,14,16H,3,5,7-9,11-13H2,1H3,(H2,20,21,24)/t14-,16+/m0/s1. The van der Waals surface area contributed by atoms with E-state index in [1.54, 1.807) is 0 Å². The Bertz CT molecular complexity index is 568. The van der Waals surface area contributed by atoms with Gasteiger partial charge in [0.25, 0.3) is 0 Å². The molecule has 0 bridgehead atoms. The first-order valence-electron chi connectivity index (χ1n) is 8.83. The monoisotopic (exact) mass is 394 g/mol. The van der Waals surface area contributed by atoms with Crippen LogP contribution in [0.3, 0.4) is 0 Å². The number of amides is 2. The Balaban J connectivity index is 1.40. The highest BCUT2D eigenvalue weighted by molar-refractivity contribution is 9.10. The first-order chi connectivity index (χ1) is 11.6. The van der Waals surface area contributed by atoms with Gasteiger partial charge in [-0.15, -0.1) is 0 Å². The van der Waals surface area contributed by atoms with Crippen LogP contribution in [0.15, 0.2) is 28.7 Å². The molecule has 0 spiro atoms. The Morgan fingerprint density at radius 3 is 2.96 bits per heavy atom. The number of anilines is 1. The highest BCUT2D eigenvalue weighted by atomic mass is 79.9. The van der Waals surface area contributed by atoms with Crippen LogP contribution in [-0.2, 0) is 0 Å². The Kier molecular flexibility index (Phi) is 6.00. The lowest BCUT2D eigenvalue weighted by molar-refractivity contribution is 0.208. The van der Waals surface area contributed by atoms with Gasteiger partial charge in [-0.2, -0.15) is 0 Å². The van der Waals surface area contributed by atoms with E-state index < -0.39 is 0 Å². The molecule has 2 aliphatic heterocycles. The maximum Gasteiger partial charge on any atom is 0.315 e. The molecule has 2 amide bonds. The Morgan fingerprint density at radius 2 is 2.17 bits per heavy atom. The fourth-order valence-electron chi connectivity index (χ4n) is 3.66. The third-order valence-corrected chi connectivity index (χ3v) is 5.46. The van der Waals surface area contributed by atoms with Gasteiger partial charge in [0, 0.05) is 42.4 Å². The van der Waals surface area contributed by atoms with Crippen LogP contribution in [0.5, 0.6) is 0 Å². The van der Waals surface area contributed by atoms with E-state index in [2.05, 4.69) is 61.6 Å². The summed E-state index contributed by atoms with van der Waals surface area (Å²) in [6.45, 7) is 4.89. The normalized spacial score (nSPS) is 24.8. The van der Waals surface area contributed by atoms with Crippen LogP contribution < -0.4 is 15.5 Å². The molecule has 1 aromatic rings. The lowest BCUT2D eigenvalue weighted by Crippen LogP contribution is -2.50. The topological polar surface area (TPSA) is 47.6 Å². The predicted octanol–water partition coefficient (Wildman–Crippen LogP) is 2.67. The Hall–Kier alpha value is -1.27. The number of urea groups is 1. The number of benzene rings is 1. The van der Waals surface area contributed by atoms with E-state index in [-0.39, 0.29) is 12.1 Å². The van der Waals surface area contributed by atoms with Crippen molar-refractivity contribution in [2.75, 3.05) is 44.7 Å². The number of carbonyl (C=O) groups excluding carboxylic acids is 1. The number of hydrogen-bond donors (Lipinski definition) is 2. The molecule has 1 aromatic carbocycles. The van der Waals surface area contributed by atoms with Crippen molar-refractivity contribution in [1.82, 2.24) is 15.5 Å². The quantitative estimate of drug-likeness (QED) is 0.824. The van der Waals surface area contributed by atoms with Crippen molar-refractivity contribution in [3.63, 3.8) is 0 Å². The number of piperidine rings is 1. The second kappa shape index (κ2) is 8.21. The SMILES string of the molecule is CN1CCC[C@@H](NC(=O)NC[C@@H]2CCN(c3cccc(Br)c3)C2)C1. The molecule has 0 aliphatic carbocycles. The van der Waals surface area contributed by atoms with Crippen molar-refractivity contribution in [2.24, 2.45) is 5.92 Å². The number of carbonyl (C=O) groups is 1. The number of likely N-dealkylation sites (N-methyl/N-ethyl adjacent to an activating group) is 1. The summed E-state index contributed by atoms with van der Waals surface area (Å²) in [5.74, 6) is 0.517. The van der Waals surface area contributed by atoms with Gasteiger partial charge in [-0.25, -0.2) is 4.79 Å². The van der Waals surface area contributed by atoms with Crippen LogP contribution in [0.2, 0.25) is 0 Å². The summed E-state index contributed by atoms with van der Waals surface area (Å²) in [4.78, 5) is 16.8. The molecular weight excluding hydrogens is 368 g/mol. The molecule has 24 heavy (non-hydrogen) atoms. The first-order valence-corrected chi connectivity index (χ1v) is 9.63. The zero-order valence-corrected chi connectivity index (χ0v) is 15.9. The highest BCUT2D eigenvalue weighted by Crippen LogP contribution is 2.25. The Labute approximate surface area is 152 Å². The summed E-state index contributed by atoms with van der Waals surface area (Å²) in [7, 11) is 2.11. The number of rotatable bonds is 4. The minimum Gasteiger partial charge on any atom is -0.371 e. The smallest absolute Gasteiger partial charge is 0.315 e. The fraction of sp³-hybridized carbons (Fsp3) is 0.611. The van der Waals surface area contributed by atoms with Crippen LogP contribution in [0.4, 0.5) is 10.5 Å². The number of halogens is 1. The van der Waals surface area contributed by atoms with Crippen molar-refractivity contribution >= 4 is 27.6 Å². The molecule has 0 radical (unpaired) electrons. The van der Waals surface area contributed by atoms with Gasteiger partial charge in [0.05, 0.1) is 0 Å². The van der Waals surface area contributed by atoms with Crippen LogP contribution in [0.25, 0.3) is 0 Å². The molecule has 0 saturated carbocycles. The number of likely N-dealkylation sites (tertiary alicyclic amines) is 1. The first kappa shape index (κ1) is 17.5. The van der Waals surface area contributed by atoms with E-state index in [4.69, 9.17) is 0 Å². The summed E-state index contributed by atoms with van der Waals surface area (Å²) < 4.78 is 1.11. The molecule has 2 N–H and O–H groups in total. The maximum atomic E-state index is 12.1. The molecule has 132 valence electrons. The summed E-state index contributed by atoms with van der Waals surface area (Å²) in [6, 6.07) is 8.68. The van der Waals surface area contributed by atoms with Gasteiger partial charge in [-0.3, -0.25) is 0 Å². The molecule has 2 heterocycles. The predicted molar refractivity (Wildman–Crippen MR) is 102 cm³/mol. The van der Waals surface area contributed by atoms with Gasteiger partial charge in [0.1, 0.15) is 0 Å². The summed E-state index contributed by atoms with van der Waals surface area (Å²) in [5.41, 5.74) is 1.25. The number of nitrogens with zero attached hydrogens (tertiary/aromatic N) is 2. The minimum atomic E-state index is -0.0174. The summed E-state index contributed by atoms with van der Waals surface area (Å²) in [5, 5.41) is 6.18. The van der Waals surface area contributed by atoms with Crippen molar-refractivity contribution < 1.29 is 4.79 Å². The fourth-order valence-corrected chi connectivity index (χ4v) is 4.05. The van der Waals surface area contributed by atoms with E-state index in [1.165, 1.54) is 5.69 Å². The van der Waals surface area contributed by atoms with Gasteiger partial charge in [-0.1, -0.05) is 22.0 Å². The maximum absolute atomic E-state index is 12.1. The van der Waals surface area contributed by atoms with Gasteiger partial charge < -0.3 is 20.4 Å². The minimum absolute atomic E-state index is 0.0174. The zero-order chi connectivity index (χ0) is 16.9. The van der Waals surface area contributed by atoms with Crippen LogP contribution >= 0.6 is 15.9 Å². The van der Waals surface area contributed by atoms with E-state index in [1.807, 2.05) is 6.07 Å². The zero-order valence-electron chi connectivity index (χ0n) is 14.3. The lowest BCUT2D eigenvalue weighted by atomic mass is 10.1. The molecule has 0 aromatic heterocycles. The van der Waals surface area contributed by atoms with Gasteiger partial charge in [0.15, 0.2) is 0 Å². The molecule has 2 aliphatic rings. The molecule has 2 saturated heterocycles. The van der Waals surface area contributed by atoms with E-state index in [0.717, 1.165) is 56.5 Å². The summed E-state index contributed by atoms with van der Waals surface area (Å²) >= 11 is 3.53. The molecule has 2 atom stereocenters. The third-order valence-electron chi connectivity index (χ3n) is 4.97. The van der Waals surface area contributed by atoms with Crippen molar-refractivity contribution in [3.8, 4) is 0 Å².